The Labute approximate surface area is 159 Å². The first-order valence-electron chi connectivity index (χ1n) is 9.28. The van der Waals surface area contributed by atoms with Crippen molar-refractivity contribution in [2.45, 2.75) is 45.5 Å². The largest absolute Gasteiger partial charge is 0.462 e. The van der Waals surface area contributed by atoms with Crippen LogP contribution in [0.25, 0.3) is 0 Å². The second-order valence-corrected chi connectivity index (χ2v) is 7.15. The van der Waals surface area contributed by atoms with Gasteiger partial charge in [-0.15, -0.1) is 0 Å². The summed E-state index contributed by atoms with van der Waals surface area (Å²) < 4.78 is 16.7. The predicted octanol–water partition coefficient (Wildman–Crippen LogP) is 4.13. The summed E-state index contributed by atoms with van der Waals surface area (Å²) in [5, 5.41) is 8.33. The van der Waals surface area contributed by atoms with Gasteiger partial charge in [-0.25, -0.2) is 9.68 Å². The molecule has 0 amide bonds. The Bertz CT molecular complexity index is 706. The van der Waals surface area contributed by atoms with Gasteiger partial charge in [0, 0.05) is 0 Å². The van der Waals surface area contributed by atoms with Gasteiger partial charge in [-0.05, 0) is 61.9 Å². The fraction of sp³-hybridized carbons (Fsp3) is 0.476. The number of rotatable bonds is 9. The number of carbonyl (C=O) groups excluding carboxylic acids is 1. The molecule has 6 nitrogen and oxygen atoms in total. The third-order valence-electron chi connectivity index (χ3n) is 4.75. The van der Waals surface area contributed by atoms with Crippen molar-refractivity contribution in [1.82, 2.24) is 0 Å². The molecule has 0 bridgehead atoms. The number of esters is 1. The molecule has 1 fully saturated rings. The summed E-state index contributed by atoms with van der Waals surface area (Å²) in [5.41, 5.74) is 3.12. The fourth-order valence-corrected chi connectivity index (χ4v) is 2.89. The topological polar surface area (TPSA) is 77.5 Å². The van der Waals surface area contributed by atoms with Gasteiger partial charge < -0.3 is 14.2 Å². The zero-order chi connectivity index (χ0) is 19.2. The molecule has 1 aromatic carbocycles. The van der Waals surface area contributed by atoms with Crippen LogP contribution in [-0.4, -0.2) is 36.8 Å². The van der Waals surface area contributed by atoms with Crippen molar-refractivity contribution in [3.63, 3.8) is 0 Å². The van der Waals surface area contributed by atoms with Crippen LogP contribution in [0.15, 0.2) is 47.6 Å². The van der Waals surface area contributed by atoms with E-state index < -0.39 is 0 Å². The molecule has 6 heteroatoms. The van der Waals surface area contributed by atoms with E-state index in [9.17, 15) is 4.79 Å². The van der Waals surface area contributed by atoms with Gasteiger partial charge in [-0.2, -0.15) is 0 Å². The lowest BCUT2D eigenvalue weighted by atomic mass is 9.97. The molecule has 0 aromatic heterocycles. The highest BCUT2D eigenvalue weighted by Gasteiger charge is 2.44. The first kappa shape index (κ1) is 19.6. The van der Waals surface area contributed by atoms with Gasteiger partial charge in [0.1, 0.15) is 11.9 Å². The van der Waals surface area contributed by atoms with Crippen molar-refractivity contribution in [2.24, 2.45) is 5.92 Å². The fourth-order valence-electron chi connectivity index (χ4n) is 2.89. The lowest BCUT2D eigenvalue weighted by Gasteiger charge is -2.11. The quantitative estimate of drug-likeness (QED) is 0.303. The highest BCUT2D eigenvalue weighted by molar-refractivity contribution is 5.89. The summed E-state index contributed by atoms with van der Waals surface area (Å²) in [6.07, 6.45) is 6.74. The molecule has 0 spiro atoms. The maximum atomic E-state index is 12.1. The Balaban J connectivity index is 1.45. The minimum absolute atomic E-state index is 0.0309. The number of epoxide rings is 1. The van der Waals surface area contributed by atoms with E-state index in [4.69, 9.17) is 19.5 Å². The summed E-state index contributed by atoms with van der Waals surface area (Å²) in [6.45, 7) is 4.56. The smallest absolute Gasteiger partial charge is 0.338 e. The van der Waals surface area contributed by atoms with E-state index >= 15 is 0 Å². The number of carbonyl (C=O) groups is 1. The van der Waals surface area contributed by atoms with Crippen molar-refractivity contribution >= 4 is 5.97 Å². The second-order valence-electron chi connectivity index (χ2n) is 7.15. The Morgan fingerprint density at radius 3 is 2.70 bits per heavy atom. The van der Waals surface area contributed by atoms with Crippen LogP contribution in [0, 0.1) is 5.92 Å². The van der Waals surface area contributed by atoms with Crippen LogP contribution in [0.2, 0.25) is 0 Å². The van der Waals surface area contributed by atoms with Crippen molar-refractivity contribution in [2.75, 3.05) is 13.2 Å². The standard InChI is InChI=1S/C21H26O6/c1-14-3-5-16(6-4-14)19-21(27-19)26-18-9-7-17(8-10-18)20(22)24-13-15(2)11-12-25-23/h3,5,7-10,15,19,21,23H,4,6,11-13H2,1-2H3. The van der Waals surface area contributed by atoms with Crippen molar-refractivity contribution in [1.29, 1.82) is 0 Å². The van der Waals surface area contributed by atoms with E-state index in [-0.39, 0.29) is 37.5 Å². The first-order valence-corrected chi connectivity index (χ1v) is 9.28. The maximum absolute atomic E-state index is 12.1. The van der Waals surface area contributed by atoms with Gasteiger partial charge in [-0.3, -0.25) is 5.26 Å². The average Bonchev–Trinajstić information content (AvgIpc) is 3.44. The van der Waals surface area contributed by atoms with Crippen LogP contribution >= 0.6 is 0 Å². The lowest BCUT2D eigenvalue weighted by molar-refractivity contribution is -0.244. The molecule has 0 saturated carbocycles. The van der Waals surface area contributed by atoms with Crippen molar-refractivity contribution in [3.05, 3.63) is 53.1 Å². The highest BCUT2D eigenvalue weighted by atomic mass is 17.1. The molecule has 1 heterocycles. The Morgan fingerprint density at radius 1 is 1.26 bits per heavy atom. The van der Waals surface area contributed by atoms with Gasteiger partial charge in [0.2, 0.25) is 6.29 Å². The van der Waals surface area contributed by atoms with Gasteiger partial charge in [0.25, 0.3) is 0 Å². The summed E-state index contributed by atoms with van der Waals surface area (Å²) in [5.74, 6) is 0.393. The SMILES string of the molecule is CC1=CC=C(C2OC2Oc2ccc(C(=O)OCC(C)CCOO)cc2)CC1. The predicted molar refractivity (Wildman–Crippen MR) is 99.4 cm³/mol. The van der Waals surface area contributed by atoms with Gasteiger partial charge in [0.05, 0.1) is 18.8 Å². The first-order chi connectivity index (χ1) is 13.1. The van der Waals surface area contributed by atoms with Gasteiger partial charge in [-0.1, -0.05) is 24.6 Å². The minimum Gasteiger partial charge on any atom is -0.462 e. The molecule has 3 rings (SSSR count). The van der Waals surface area contributed by atoms with Crippen LogP contribution < -0.4 is 4.74 Å². The molecule has 1 aliphatic heterocycles. The Kier molecular flexibility index (Phi) is 6.66. The highest BCUT2D eigenvalue weighted by Crippen LogP contribution is 2.36. The molecular formula is C21H26O6. The molecular weight excluding hydrogens is 348 g/mol. The number of ether oxygens (including phenoxy) is 3. The van der Waals surface area contributed by atoms with E-state index in [0.717, 1.165) is 12.8 Å². The molecule has 1 aliphatic carbocycles. The molecule has 1 saturated heterocycles. The molecule has 27 heavy (non-hydrogen) atoms. The van der Waals surface area contributed by atoms with Gasteiger partial charge in [0.15, 0.2) is 0 Å². The van der Waals surface area contributed by atoms with E-state index in [1.807, 2.05) is 6.92 Å². The lowest BCUT2D eigenvalue weighted by Crippen LogP contribution is -2.13. The summed E-state index contributed by atoms with van der Waals surface area (Å²) in [7, 11) is 0. The number of benzene rings is 1. The van der Waals surface area contributed by atoms with Crippen LogP contribution in [0.4, 0.5) is 0 Å². The van der Waals surface area contributed by atoms with Crippen LogP contribution in [-0.2, 0) is 14.4 Å². The number of allylic oxidation sites excluding steroid dienone is 3. The number of hydrogen-bond acceptors (Lipinski definition) is 6. The third-order valence-corrected chi connectivity index (χ3v) is 4.75. The van der Waals surface area contributed by atoms with E-state index in [0.29, 0.717) is 17.7 Å². The molecule has 1 N–H and O–H groups in total. The molecule has 146 valence electrons. The molecule has 2 aliphatic rings. The Morgan fingerprint density at radius 2 is 2.04 bits per heavy atom. The number of hydrogen-bond donors (Lipinski definition) is 1. The molecule has 3 unspecified atom stereocenters. The summed E-state index contributed by atoms with van der Waals surface area (Å²) >= 11 is 0. The molecule has 0 radical (unpaired) electrons. The summed E-state index contributed by atoms with van der Waals surface area (Å²) in [6, 6.07) is 6.86. The second kappa shape index (κ2) is 9.17. The average molecular weight is 374 g/mol. The van der Waals surface area contributed by atoms with Crippen molar-refractivity contribution in [3.8, 4) is 5.75 Å². The Hall–Kier alpha value is -2.15. The summed E-state index contributed by atoms with van der Waals surface area (Å²) in [4.78, 5) is 16.1. The zero-order valence-corrected chi connectivity index (χ0v) is 15.7. The van der Waals surface area contributed by atoms with Crippen LogP contribution in [0.3, 0.4) is 0 Å². The van der Waals surface area contributed by atoms with E-state index in [1.165, 1.54) is 11.1 Å². The van der Waals surface area contributed by atoms with Gasteiger partial charge >= 0.3 is 5.97 Å². The molecule has 1 aromatic rings. The van der Waals surface area contributed by atoms with E-state index in [2.05, 4.69) is 24.0 Å². The monoisotopic (exact) mass is 374 g/mol. The maximum Gasteiger partial charge on any atom is 0.338 e. The van der Waals surface area contributed by atoms with Crippen molar-refractivity contribution < 1.29 is 29.1 Å². The van der Waals surface area contributed by atoms with E-state index in [1.54, 1.807) is 24.3 Å². The minimum atomic E-state index is -0.381. The van der Waals surface area contributed by atoms with Crippen LogP contribution in [0.5, 0.6) is 5.75 Å². The normalized spacial score (nSPS) is 22.5. The van der Waals surface area contributed by atoms with Crippen LogP contribution in [0.1, 0.15) is 43.5 Å². The third kappa shape index (κ3) is 5.66. The molecule has 3 atom stereocenters. The zero-order valence-electron chi connectivity index (χ0n) is 15.7.